The smallest absolute Gasteiger partial charge is 0.317 e. The number of hydrogen-bond acceptors (Lipinski definition) is 2. The maximum absolute atomic E-state index is 11.7. The number of carbonyl (C=O) groups excluding carboxylic acids is 1. The second kappa shape index (κ2) is 4.17. The third-order valence-electron chi connectivity index (χ3n) is 3.00. The van der Waals surface area contributed by atoms with Crippen LogP contribution in [0.3, 0.4) is 0 Å². The summed E-state index contributed by atoms with van der Waals surface area (Å²) in [6, 6.07) is 0.439. The van der Waals surface area contributed by atoms with E-state index in [1.807, 2.05) is 4.90 Å². The highest BCUT2D eigenvalue weighted by Gasteiger charge is 2.26. The second-order valence-electron chi connectivity index (χ2n) is 4.38. The van der Waals surface area contributed by atoms with Crippen molar-refractivity contribution in [2.75, 3.05) is 26.2 Å². The normalized spacial score (nSPS) is 27.5. The lowest BCUT2D eigenvalue weighted by Crippen LogP contribution is -2.55. The summed E-state index contributed by atoms with van der Waals surface area (Å²) in [5, 5.41) is 6.28. The third-order valence-corrected chi connectivity index (χ3v) is 3.00. The van der Waals surface area contributed by atoms with Crippen molar-refractivity contribution >= 4 is 6.03 Å². The summed E-state index contributed by atoms with van der Waals surface area (Å²) in [5.41, 5.74) is 0. The number of carbonyl (C=O) groups is 1. The van der Waals surface area contributed by atoms with Gasteiger partial charge in [0.25, 0.3) is 0 Å². The van der Waals surface area contributed by atoms with Crippen LogP contribution in [0.5, 0.6) is 0 Å². The molecule has 4 nitrogen and oxygen atoms in total. The molecule has 2 N–H and O–H groups in total. The fourth-order valence-electron chi connectivity index (χ4n) is 1.80. The molecule has 1 aliphatic heterocycles. The summed E-state index contributed by atoms with van der Waals surface area (Å²) < 4.78 is 0. The van der Waals surface area contributed by atoms with Gasteiger partial charge in [0, 0.05) is 32.2 Å². The maximum Gasteiger partial charge on any atom is 0.317 e. The molecule has 1 aliphatic carbocycles. The fourth-order valence-corrected chi connectivity index (χ4v) is 1.80. The molecule has 80 valence electrons. The number of hydrogen-bond donors (Lipinski definition) is 2. The number of piperazine rings is 1. The number of nitrogens with one attached hydrogen (secondary N) is 2. The molecule has 2 fully saturated rings. The van der Waals surface area contributed by atoms with Crippen LogP contribution in [0.1, 0.15) is 19.8 Å². The zero-order valence-electron chi connectivity index (χ0n) is 8.75. The number of nitrogens with zero attached hydrogens (tertiary/aromatic N) is 1. The van der Waals surface area contributed by atoms with E-state index < -0.39 is 0 Å². The molecule has 1 saturated heterocycles. The molecule has 1 heterocycles. The summed E-state index contributed by atoms with van der Waals surface area (Å²) in [5.74, 6) is 0.761. The third kappa shape index (κ3) is 2.38. The van der Waals surface area contributed by atoms with Gasteiger partial charge in [-0.1, -0.05) is 0 Å². The highest BCUT2D eigenvalue weighted by molar-refractivity contribution is 5.74. The van der Waals surface area contributed by atoms with E-state index in [-0.39, 0.29) is 6.03 Å². The van der Waals surface area contributed by atoms with Crippen LogP contribution in [-0.4, -0.2) is 43.2 Å². The van der Waals surface area contributed by atoms with Gasteiger partial charge in [-0.15, -0.1) is 0 Å². The first-order valence-electron chi connectivity index (χ1n) is 5.52. The number of amides is 2. The van der Waals surface area contributed by atoms with Crippen LogP contribution >= 0.6 is 0 Å². The Morgan fingerprint density at radius 2 is 2.36 bits per heavy atom. The lowest BCUT2D eigenvalue weighted by Gasteiger charge is -2.33. The van der Waals surface area contributed by atoms with E-state index in [2.05, 4.69) is 17.6 Å². The quantitative estimate of drug-likeness (QED) is 0.673. The van der Waals surface area contributed by atoms with Crippen molar-refractivity contribution in [2.45, 2.75) is 25.8 Å². The van der Waals surface area contributed by atoms with E-state index in [0.717, 1.165) is 32.1 Å². The van der Waals surface area contributed by atoms with Gasteiger partial charge in [-0.2, -0.15) is 0 Å². The predicted octanol–water partition coefficient (Wildman–Crippen LogP) is 0.400. The average molecular weight is 197 g/mol. The van der Waals surface area contributed by atoms with Crippen LogP contribution in [-0.2, 0) is 0 Å². The molecule has 2 amide bonds. The lowest BCUT2D eigenvalue weighted by atomic mass is 10.2. The SMILES string of the molecule is C[C@@H]1CNCCN1C(=O)NCC1CC1. The number of rotatable bonds is 2. The van der Waals surface area contributed by atoms with Crippen LogP contribution in [0, 0.1) is 5.92 Å². The first-order valence-corrected chi connectivity index (χ1v) is 5.52. The highest BCUT2D eigenvalue weighted by Crippen LogP contribution is 2.27. The second-order valence-corrected chi connectivity index (χ2v) is 4.38. The van der Waals surface area contributed by atoms with E-state index in [1.54, 1.807) is 0 Å². The molecule has 0 aromatic rings. The average Bonchev–Trinajstić information content (AvgIpc) is 2.98. The molecular formula is C10H19N3O. The predicted molar refractivity (Wildman–Crippen MR) is 55.2 cm³/mol. The van der Waals surface area contributed by atoms with Gasteiger partial charge in [-0.25, -0.2) is 4.79 Å². The summed E-state index contributed by atoms with van der Waals surface area (Å²) >= 11 is 0. The van der Waals surface area contributed by atoms with E-state index >= 15 is 0 Å². The zero-order chi connectivity index (χ0) is 9.97. The summed E-state index contributed by atoms with van der Waals surface area (Å²) in [7, 11) is 0. The Kier molecular flexibility index (Phi) is 2.91. The zero-order valence-corrected chi connectivity index (χ0v) is 8.75. The van der Waals surface area contributed by atoms with Crippen LogP contribution in [0.2, 0.25) is 0 Å². The molecule has 14 heavy (non-hydrogen) atoms. The summed E-state index contributed by atoms with van der Waals surface area (Å²) in [6.07, 6.45) is 2.58. The molecular weight excluding hydrogens is 178 g/mol. The molecule has 0 radical (unpaired) electrons. The molecule has 0 spiro atoms. The van der Waals surface area contributed by atoms with Crippen molar-refractivity contribution in [2.24, 2.45) is 5.92 Å². The molecule has 1 saturated carbocycles. The van der Waals surface area contributed by atoms with Crippen molar-refractivity contribution < 1.29 is 4.79 Å². The van der Waals surface area contributed by atoms with Crippen molar-refractivity contribution in [3.05, 3.63) is 0 Å². The fraction of sp³-hybridized carbons (Fsp3) is 0.900. The first-order chi connectivity index (χ1) is 6.77. The Balaban J connectivity index is 1.76. The molecule has 4 heteroatoms. The summed E-state index contributed by atoms with van der Waals surface area (Å²) in [4.78, 5) is 13.7. The van der Waals surface area contributed by atoms with Crippen molar-refractivity contribution in [1.29, 1.82) is 0 Å². The molecule has 0 unspecified atom stereocenters. The number of urea groups is 1. The summed E-state index contributed by atoms with van der Waals surface area (Å²) in [6.45, 7) is 5.62. The van der Waals surface area contributed by atoms with Gasteiger partial charge >= 0.3 is 6.03 Å². The van der Waals surface area contributed by atoms with E-state index in [0.29, 0.717) is 6.04 Å². The van der Waals surface area contributed by atoms with Crippen molar-refractivity contribution in [1.82, 2.24) is 15.5 Å². The molecule has 2 aliphatic rings. The minimum Gasteiger partial charge on any atom is -0.338 e. The van der Waals surface area contributed by atoms with Gasteiger partial charge in [-0.05, 0) is 25.7 Å². The largest absolute Gasteiger partial charge is 0.338 e. The van der Waals surface area contributed by atoms with Gasteiger partial charge < -0.3 is 15.5 Å². The van der Waals surface area contributed by atoms with Gasteiger partial charge in [-0.3, -0.25) is 0 Å². The van der Waals surface area contributed by atoms with Gasteiger partial charge in [0.2, 0.25) is 0 Å². The van der Waals surface area contributed by atoms with E-state index in [4.69, 9.17) is 0 Å². The highest BCUT2D eigenvalue weighted by atomic mass is 16.2. The Bertz CT molecular complexity index is 215. The molecule has 0 aromatic heterocycles. The standard InChI is InChI=1S/C10H19N3O/c1-8-6-11-4-5-13(8)10(14)12-7-9-2-3-9/h8-9,11H,2-7H2,1H3,(H,12,14)/t8-/m1/s1. The lowest BCUT2D eigenvalue weighted by molar-refractivity contribution is 0.164. The van der Waals surface area contributed by atoms with Crippen LogP contribution in [0.15, 0.2) is 0 Å². The maximum atomic E-state index is 11.7. The molecule has 0 aromatic carbocycles. The Hall–Kier alpha value is -0.770. The van der Waals surface area contributed by atoms with E-state index in [9.17, 15) is 4.79 Å². The minimum atomic E-state index is 0.117. The van der Waals surface area contributed by atoms with Crippen molar-refractivity contribution in [3.63, 3.8) is 0 Å². The van der Waals surface area contributed by atoms with Crippen LogP contribution < -0.4 is 10.6 Å². The van der Waals surface area contributed by atoms with Gasteiger partial charge in [0.05, 0.1) is 0 Å². The Morgan fingerprint density at radius 1 is 1.57 bits per heavy atom. The monoisotopic (exact) mass is 197 g/mol. The topological polar surface area (TPSA) is 44.4 Å². The van der Waals surface area contributed by atoms with E-state index in [1.165, 1.54) is 12.8 Å². The van der Waals surface area contributed by atoms with Gasteiger partial charge in [0.1, 0.15) is 0 Å². The Labute approximate surface area is 85.0 Å². The molecule has 2 rings (SSSR count). The van der Waals surface area contributed by atoms with Crippen LogP contribution in [0.4, 0.5) is 4.79 Å². The van der Waals surface area contributed by atoms with Crippen LogP contribution in [0.25, 0.3) is 0 Å². The van der Waals surface area contributed by atoms with Gasteiger partial charge in [0.15, 0.2) is 0 Å². The van der Waals surface area contributed by atoms with Crippen molar-refractivity contribution in [3.8, 4) is 0 Å². The minimum absolute atomic E-state index is 0.117. The molecule has 1 atom stereocenters. The first kappa shape index (κ1) is 9.77. The molecule has 0 bridgehead atoms. The Morgan fingerprint density at radius 3 is 3.00 bits per heavy atom.